The number of hydrogen-bond acceptors (Lipinski definition) is 3. The molecule has 0 spiro atoms. The molecule has 1 N–H and O–H groups in total. The van der Waals surface area contributed by atoms with Gasteiger partial charge in [0.15, 0.2) is 0 Å². The molecule has 1 saturated carbocycles. The van der Waals surface area contributed by atoms with Gasteiger partial charge in [-0.2, -0.15) is 0 Å². The van der Waals surface area contributed by atoms with E-state index in [1.54, 1.807) is 0 Å². The first kappa shape index (κ1) is 13.0. The summed E-state index contributed by atoms with van der Waals surface area (Å²) in [5.41, 5.74) is 0.494. The first-order valence-corrected chi connectivity index (χ1v) is 5.79. The lowest BCUT2D eigenvalue weighted by Crippen LogP contribution is -2.35. The van der Waals surface area contributed by atoms with Gasteiger partial charge in [0, 0.05) is 18.2 Å². The molecule has 1 fully saturated rings. The van der Waals surface area contributed by atoms with E-state index in [4.69, 9.17) is 0 Å². The lowest BCUT2D eigenvalue weighted by molar-refractivity contribution is -0.136. The molecule has 3 nitrogen and oxygen atoms in total. The molecule has 1 rings (SSSR count). The zero-order chi connectivity index (χ0) is 12.0. The highest BCUT2D eigenvalue weighted by atomic mass is 16.5. The van der Waals surface area contributed by atoms with Gasteiger partial charge in [-0.05, 0) is 31.6 Å². The van der Waals surface area contributed by atoms with Crippen molar-refractivity contribution < 1.29 is 9.53 Å². The Bertz CT molecular complexity index is 265. The fourth-order valence-electron chi connectivity index (χ4n) is 2.04. The Morgan fingerprint density at radius 2 is 2.06 bits per heavy atom. The van der Waals surface area contributed by atoms with Gasteiger partial charge in [-0.1, -0.05) is 12.7 Å². The molecular formula is C13H21NO2. The van der Waals surface area contributed by atoms with Crippen molar-refractivity contribution in [1.82, 2.24) is 5.32 Å². The van der Waals surface area contributed by atoms with E-state index in [1.807, 2.05) is 6.08 Å². The fourth-order valence-corrected chi connectivity index (χ4v) is 2.04. The highest BCUT2D eigenvalue weighted by molar-refractivity contribution is 5.88. The molecule has 16 heavy (non-hydrogen) atoms. The summed E-state index contributed by atoms with van der Waals surface area (Å²) in [5, 5.41) is 3.35. The van der Waals surface area contributed by atoms with E-state index in [2.05, 4.69) is 23.2 Å². The van der Waals surface area contributed by atoms with E-state index in [9.17, 15) is 4.79 Å². The van der Waals surface area contributed by atoms with Crippen molar-refractivity contribution in [2.75, 3.05) is 13.7 Å². The quantitative estimate of drug-likeness (QED) is 0.440. The summed E-state index contributed by atoms with van der Waals surface area (Å²) < 4.78 is 4.59. The molecule has 90 valence electrons. The van der Waals surface area contributed by atoms with E-state index in [0.29, 0.717) is 24.1 Å². The van der Waals surface area contributed by atoms with Crippen LogP contribution in [0.15, 0.2) is 24.8 Å². The number of methoxy groups -OCH3 is 1. The van der Waals surface area contributed by atoms with Crippen molar-refractivity contribution in [2.45, 2.75) is 31.7 Å². The molecule has 0 aliphatic heterocycles. The first-order valence-electron chi connectivity index (χ1n) is 5.79. The van der Waals surface area contributed by atoms with Crippen LogP contribution >= 0.6 is 0 Å². The molecular weight excluding hydrogens is 202 g/mol. The fraction of sp³-hybridized carbons (Fsp3) is 0.615. The summed E-state index contributed by atoms with van der Waals surface area (Å²) in [6, 6.07) is 0.498. The van der Waals surface area contributed by atoms with Gasteiger partial charge in [0.05, 0.1) is 7.11 Å². The van der Waals surface area contributed by atoms with Crippen molar-refractivity contribution in [3.63, 3.8) is 0 Å². The molecule has 0 aromatic carbocycles. The Kier molecular flexibility index (Phi) is 5.26. The lowest BCUT2D eigenvalue weighted by Gasteiger charge is -2.27. The van der Waals surface area contributed by atoms with E-state index in [0.717, 1.165) is 12.8 Å². The summed E-state index contributed by atoms with van der Waals surface area (Å²) in [6.07, 6.45) is 6.71. The van der Waals surface area contributed by atoms with Crippen LogP contribution in [0.1, 0.15) is 25.7 Å². The normalized spacial score (nSPS) is 24.8. The number of carbonyl (C=O) groups is 1. The second-order valence-corrected chi connectivity index (χ2v) is 4.32. The second kappa shape index (κ2) is 6.48. The van der Waals surface area contributed by atoms with Gasteiger partial charge in [0.1, 0.15) is 0 Å². The Labute approximate surface area is 97.6 Å². The number of carbonyl (C=O) groups excluding carboxylic acids is 1. The average Bonchev–Trinajstić information content (AvgIpc) is 2.35. The first-order chi connectivity index (χ1) is 7.67. The molecule has 0 bridgehead atoms. The molecule has 0 unspecified atom stereocenters. The highest BCUT2D eigenvalue weighted by Crippen LogP contribution is 2.24. The number of allylic oxidation sites excluding steroid dienone is 1. The lowest BCUT2D eigenvalue weighted by atomic mass is 9.86. The zero-order valence-corrected chi connectivity index (χ0v) is 10.00. The van der Waals surface area contributed by atoms with Crippen molar-refractivity contribution >= 4 is 5.97 Å². The Morgan fingerprint density at radius 1 is 1.44 bits per heavy atom. The molecule has 1 aliphatic rings. The van der Waals surface area contributed by atoms with Crippen LogP contribution in [0.4, 0.5) is 0 Å². The predicted molar refractivity (Wildman–Crippen MR) is 65.1 cm³/mol. The van der Waals surface area contributed by atoms with Crippen molar-refractivity contribution in [1.29, 1.82) is 0 Å². The maximum absolute atomic E-state index is 11.1. The van der Waals surface area contributed by atoms with Gasteiger partial charge in [0.25, 0.3) is 0 Å². The maximum atomic E-state index is 11.1. The van der Waals surface area contributed by atoms with E-state index >= 15 is 0 Å². The van der Waals surface area contributed by atoms with Crippen LogP contribution in [0.3, 0.4) is 0 Å². The van der Waals surface area contributed by atoms with Crippen LogP contribution in [-0.2, 0) is 9.53 Å². The van der Waals surface area contributed by atoms with Gasteiger partial charge in [0.2, 0.25) is 0 Å². The van der Waals surface area contributed by atoms with Crippen LogP contribution in [0.2, 0.25) is 0 Å². The molecule has 0 amide bonds. The van der Waals surface area contributed by atoms with Crippen molar-refractivity contribution in [2.24, 2.45) is 5.92 Å². The minimum atomic E-state index is -0.327. The molecule has 1 aliphatic carbocycles. The number of rotatable bonds is 5. The topological polar surface area (TPSA) is 38.3 Å². The van der Waals surface area contributed by atoms with Crippen LogP contribution in [0.5, 0.6) is 0 Å². The van der Waals surface area contributed by atoms with Crippen molar-refractivity contribution in [3.8, 4) is 0 Å². The number of ether oxygens (including phenoxy) is 1. The van der Waals surface area contributed by atoms with Crippen molar-refractivity contribution in [3.05, 3.63) is 24.8 Å². The third-order valence-corrected chi connectivity index (χ3v) is 3.18. The molecule has 3 heteroatoms. The third-order valence-electron chi connectivity index (χ3n) is 3.18. The van der Waals surface area contributed by atoms with Gasteiger partial charge in [-0.15, -0.1) is 6.58 Å². The minimum absolute atomic E-state index is 0.327. The molecule has 0 atom stereocenters. The minimum Gasteiger partial charge on any atom is -0.466 e. The van der Waals surface area contributed by atoms with Gasteiger partial charge in [-0.25, -0.2) is 4.79 Å². The molecule has 0 heterocycles. The second-order valence-electron chi connectivity index (χ2n) is 4.32. The van der Waals surface area contributed by atoms with E-state index in [1.165, 1.54) is 20.0 Å². The highest BCUT2D eigenvalue weighted by Gasteiger charge is 2.19. The maximum Gasteiger partial charge on any atom is 0.334 e. The summed E-state index contributed by atoms with van der Waals surface area (Å²) in [6.45, 7) is 8.03. The standard InChI is InChI=1S/C13H21NO2/c1-4-11-5-7-12(8-6-11)14-9-10(2)13(15)16-3/h4,11-12,14H,1-2,5-9H2,3H3. The van der Waals surface area contributed by atoms with Crippen LogP contribution < -0.4 is 5.32 Å². The Balaban J connectivity index is 2.22. The summed E-state index contributed by atoms with van der Waals surface area (Å²) in [4.78, 5) is 11.1. The van der Waals surface area contributed by atoms with Gasteiger partial charge in [-0.3, -0.25) is 0 Å². The monoisotopic (exact) mass is 223 g/mol. The summed E-state index contributed by atoms with van der Waals surface area (Å²) in [5.74, 6) is 0.342. The van der Waals surface area contributed by atoms with Crippen LogP contribution in [-0.4, -0.2) is 25.7 Å². The smallest absolute Gasteiger partial charge is 0.334 e. The molecule has 0 saturated heterocycles. The largest absolute Gasteiger partial charge is 0.466 e. The number of nitrogens with one attached hydrogen (secondary N) is 1. The Morgan fingerprint density at radius 3 is 2.56 bits per heavy atom. The molecule has 0 radical (unpaired) electrons. The number of hydrogen-bond donors (Lipinski definition) is 1. The van der Waals surface area contributed by atoms with Crippen LogP contribution in [0.25, 0.3) is 0 Å². The van der Waals surface area contributed by atoms with E-state index < -0.39 is 0 Å². The summed E-state index contributed by atoms with van der Waals surface area (Å²) in [7, 11) is 1.38. The summed E-state index contributed by atoms with van der Waals surface area (Å²) >= 11 is 0. The third kappa shape index (κ3) is 3.81. The van der Waals surface area contributed by atoms with Gasteiger partial charge >= 0.3 is 5.97 Å². The zero-order valence-electron chi connectivity index (χ0n) is 10.00. The Hall–Kier alpha value is -1.09. The molecule has 0 aromatic heterocycles. The van der Waals surface area contributed by atoms with E-state index in [-0.39, 0.29) is 5.97 Å². The number of esters is 1. The van der Waals surface area contributed by atoms with Crippen LogP contribution in [0, 0.1) is 5.92 Å². The average molecular weight is 223 g/mol. The SMILES string of the molecule is C=CC1CCC(NCC(=C)C(=O)OC)CC1. The molecule has 0 aromatic rings. The predicted octanol–water partition coefficient (Wildman–Crippen LogP) is 2.05. The van der Waals surface area contributed by atoms with Gasteiger partial charge < -0.3 is 10.1 Å².